The number of nitrogens with zero attached hydrogens (tertiary/aromatic N) is 2. The topological polar surface area (TPSA) is 17.8 Å². The van der Waals surface area contributed by atoms with Gasteiger partial charge >= 0.3 is 0 Å². The van der Waals surface area contributed by atoms with E-state index in [0.29, 0.717) is 23.8 Å². The average Bonchev–Trinajstić information content (AvgIpc) is 2.72. The average molecular weight is 301 g/mol. The van der Waals surface area contributed by atoms with Crippen molar-refractivity contribution in [1.82, 2.24) is 9.55 Å². The molecule has 0 amide bonds. The number of halogens is 3. The Bertz CT molecular complexity index is 632. The van der Waals surface area contributed by atoms with Crippen molar-refractivity contribution in [2.24, 2.45) is 11.3 Å². The van der Waals surface area contributed by atoms with Crippen LogP contribution in [0.4, 0.5) is 8.78 Å². The Morgan fingerprint density at radius 2 is 1.95 bits per heavy atom. The van der Waals surface area contributed by atoms with E-state index in [4.69, 9.17) is 11.6 Å². The van der Waals surface area contributed by atoms with Gasteiger partial charge in [0.2, 0.25) is 0 Å². The normalized spacial score (nSPS) is 12.6. The molecule has 0 saturated carbocycles. The zero-order valence-electron chi connectivity index (χ0n) is 12.2. The van der Waals surface area contributed by atoms with Gasteiger partial charge in [0.25, 0.3) is 0 Å². The van der Waals surface area contributed by atoms with E-state index >= 15 is 0 Å². The predicted octanol–water partition coefficient (Wildman–Crippen LogP) is 4.74. The maximum absolute atomic E-state index is 14.1. The third-order valence-corrected chi connectivity index (χ3v) is 4.37. The second-order valence-corrected chi connectivity index (χ2v) is 6.39. The lowest BCUT2D eigenvalue weighted by Gasteiger charge is -2.30. The van der Waals surface area contributed by atoms with Gasteiger partial charge in [-0.05, 0) is 23.5 Å². The van der Waals surface area contributed by atoms with Gasteiger partial charge in [0.05, 0.1) is 11.4 Å². The molecule has 0 N–H and O–H groups in total. The van der Waals surface area contributed by atoms with Crippen LogP contribution in [-0.4, -0.2) is 9.55 Å². The standard InChI is InChI=1S/C15H19ClF2N2/c1-9(2)15(3,4)8-20-12(7-16)19-11-6-5-10(17)13(18)14(11)20/h5-6,9H,7-8H2,1-4H3. The predicted molar refractivity (Wildman–Crippen MR) is 77.8 cm³/mol. The molecule has 0 saturated heterocycles. The fourth-order valence-electron chi connectivity index (χ4n) is 2.07. The Morgan fingerprint density at radius 3 is 2.50 bits per heavy atom. The summed E-state index contributed by atoms with van der Waals surface area (Å²) in [7, 11) is 0. The molecule has 0 radical (unpaired) electrons. The molecular weight excluding hydrogens is 282 g/mol. The van der Waals surface area contributed by atoms with Crippen LogP contribution in [0.1, 0.15) is 33.5 Å². The van der Waals surface area contributed by atoms with Gasteiger partial charge in [-0.1, -0.05) is 27.7 Å². The number of imidazole rings is 1. The SMILES string of the molecule is CC(C)C(C)(C)Cn1c(CCl)nc2ccc(F)c(F)c21. The van der Waals surface area contributed by atoms with E-state index in [-0.39, 0.29) is 16.8 Å². The zero-order valence-corrected chi connectivity index (χ0v) is 12.9. The Kier molecular flexibility index (Phi) is 4.05. The van der Waals surface area contributed by atoms with E-state index in [1.165, 1.54) is 6.07 Å². The van der Waals surface area contributed by atoms with Crippen molar-refractivity contribution in [3.8, 4) is 0 Å². The highest BCUT2D eigenvalue weighted by molar-refractivity contribution is 6.16. The van der Waals surface area contributed by atoms with Crippen molar-refractivity contribution in [3.63, 3.8) is 0 Å². The first kappa shape index (κ1) is 15.2. The van der Waals surface area contributed by atoms with E-state index in [0.717, 1.165) is 6.07 Å². The van der Waals surface area contributed by atoms with E-state index in [9.17, 15) is 8.78 Å². The summed E-state index contributed by atoms with van der Waals surface area (Å²) in [4.78, 5) is 4.30. The minimum Gasteiger partial charge on any atom is -0.324 e. The van der Waals surface area contributed by atoms with Crippen LogP contribution in [0, 0.1) is 23.0 Å². The summed E-state index contributed by atoms with van der Waals surface area (Å²) in [6.07, 6.45) is 0. The first-order chi connectivity index (χ1) is 9.27. The summed E-state index contributed by atoms with van der Waals surface area (Å²) in [5.41, 5.74) is 0.571. The summed E-state index contributed by atoms with van der Waals surface area (Å²) in [6.45, 7) is 8.95. The van der Waals surface area contributed by atoms with Crippen LogP contribution in [0.2, 0.25) is 0 Å². The van der Waals surface area contributed by atoms with Crippen molar-refractivity contribution in [2.45, 2.75) is 40.1 Å². The van der Waals surface area contributed by atoms with Crippen LogP contribution >= 0.6 is 11.6 Å². The highest BCUT2D eigenvalue weighted by Crippen LogP contribution is 2.32. The van der Waals surface area contributed by atoms with Crippen LogP contribution in [0.3, 0.4) is 0 Å². The molecule has 2 nitrogen and oxygen atoms in total. The van der Waals surface area contributed by atoms with Crippen molar-refractivity contribution >= 4 is 22.6 Å². The number of fused-ring (bicyclic) bond motifs is 1. The monoisotopic (exact) mass is 300 g/mol. The van der Waals surface area contributed by atoms with Gasteiger partial charge < -0.3 is 4.57 Å². The van der Waals surface area contributed by atoms with Crippen molar-refractivity contribution in [2.75, 3.05) is 0 Å². The van der Waals surface area contributed by atoms with Gasteiger partial charge in [-0.25, -0.2) is 13.8 Å². The molecule has 2 rings (SSSR count). The molecule has 1 aromatic carbocycles. The van der Waals surface area contributed by atoms with Gasteiger partial charge in [0.15, 0.2) is 11.6 Å². The van der Waals surface area contributed by atoms with Crippen LogP contribution in [-0.2, 0) is 12.4 Å². The summed E-state index contributed by atoms with van der Waals surface area (Å²) >= 11 is 5.90. The fourth-order valence-corrected chi connectivity index (χ4v) is 2.27. The van der Waals surface area contributed by atoms with Crippen molar-refractivity contribution in [3.05, 3.63) is 29.6 Å². The molecule has 1 aromatic heterocycles. The molecule has 0 bridgehead atoms. The highest BCUT2D eigenvalue weighted by Gasteiger charge is 2.26. The molecule has 0 aliphatic rings. The molecule has 0 atom stereocenters. The lowest BCUT2D eigenvalue weighted by molar-refractivity contribution is 0.210. The Balaban J connectivity index is 2.64. The molecule has 1 heterocycles. The molecule has 20 heavy (non-hydrogen) atoms. The molecule has 0 spiro atoms. The molecule has 0 aliphatic carbocycles. The third-order valence-electron chi connectivity index (χ3n) is 4.13. The minimum absolute atomic E-state index is 0.0762. The third kappa shape index (κ3) is 2.53. The van der Waals surface area contributed by atoms with Crippen molar-refractivity contribution < 1.29 is 8.78 Å². The summed E-state index contributed by atoms with van der Waals surface area (Å²) in [6, 6.07) is 2.59. The summed E-state index contributed by atoms with van der Waals surface area (Å²) in [5.74, 6) is -0.586. The Hall–Kier alpha value is -1.16. The van der Waals surface area contributed by atoms with Gasteiger partial charge in [0.1, 0.15) is 11.3 Å². The molecular formula is C15H19ClF2N2. The number of alkyl halides is 1. The van der Waals surface area contributed by atoms with Crippen LogP contribution in [0.15, 0.2) is 12.1 Å². The lowest BCUT2D eigenvalue weighted by atomic mass is 9.81. The maximum atomic E-state index is 14.1. The molecule has 0 unspecified atom stereocenters. The molecule has 5 heteroatoms. The van der Waals surface area contributed by atoms with E-state index in [1.807, 2.05) is 0 Å². The molecule has 2 aromatic rings. The van der Waals surface area contributed by atoms with Gasteiger partial charge in [-0.15, -0.1) is 11.6 Å². The lowest BCUT2D eigenvalue weighted by Crippen LogP contribution is -2.26. The van der Waals surface area contributed by atoms with E-state index in [2.05, 4.69) is 32.7 Å². The quantitative estimate of drug-likeness (QED) is 0.746. The summed E-state index contributed by atoms with van der Waals surface area (Å²) < 4.78 is 29.3. The largest absolute Gasteiger partial charge is 0.324 e. The number of hydrogen-bond donors (Lipinski definition) is 0. The molecule has 0 fully saturated rings. The van der Waals surface area contributed by atoms with Crippen molar-refractivity contribution in [1.29, 1.82) is 0 Å². The summed E-state index contributed by atoms with van der Waals surface area (Å²) in [5, 5.41) is 0. The number of benzene rings is 1. The minimum atomic E-state index is -0.859. The first-order valence-electron chi connectivity index (χ1n) is 6.67. The van der Waals surface area contributed by atoms with Gasteiger partial charge in [0, 0.05) is 6.54 Å². The number of hydrogen-bond acceptors (Lipinski definition) is 1. The Morgan fingerprint density at radius 1 is 1.30 bits per heavy atom. The molecule has 0 aliphatic heterocycles. The fraction of sp³-hybridized carbons (Fsp3) is 0.533. The maximum Gasteiger partial charge on any atom is 0.184 e. The van der Waals surface area contributed by atoms with Gasteiger partial charge in [-0.3, -0.25) is 0 Å². The zero-order chi connectivity index (χ0) is 15.1. The highest BCUT2D eigenvalue weighted by atomic mass is 35.5. The first-order valence-corrected chi connectivity index (χ1v) is 7.20. The van der Waals surface area contributed by atoms with E-state index < -0.39 is 11.6 Å². The molecule has 110 valence electrons. The van der Waals surface area contributed by atoms with E-state index in [1.54, 1.807) is 4.57 Å². The van der Waals surface area contributed by atoms with Gasteiger partial charge in [-0.2, -0.15) is 0 Å². The second kappa shape index (κ2) is 5.32. The smallest absolute Gasteiger partial charge is 0.184 e. The number of aromatic nitrogens is 2. The van der Waals surface area contributed by atoms with Crippen LogP contribution in [0.5, 0.6) is 0 Å². The van der Waals surface area contributed by atoms with Crippen LogP contribution in [0.25, 0.3) is 11.0 Å². The van der Waals surface area contributed by atoms with Crippen LogP contribution < -0.4 is 0 Å². The number of rotatable bonds is 4. The second-order valence-electron chi connectivity index (χ2n) is 6.12. The Labute approximate surface area is 122 Å².